The van der Waals surface area contributed by atoms with Gasteiger partial charge in [-0.05, 0) is 30.4 Å². The minimum Gasteiger partial charge on any atom is -0.491 e. The molecule has 9 heteroatoms. The molecule has 1 aromatic carbocycles. The van der Waals surface area contributed by atoms with Gasteiger partial charge in [0.1, 0.15) is 0 Å². The summed E-state index contributed by atoms with van der Waals surface area (Å²) in [6.07, 6.45) is 8.14. The molecule has 1 amide bonds. The molecule has 3 aromatic rings. The molecule has 2 aromatic heterocycles. The number of H-pyrrole nitrogens is 1. The fourth-order valence-electron chi connectivity index (χ4n) is 2.52. The number of fused-ring (bicyclic) bond motifs is 1. The van der Waals surface area contributed by atoms with Gasteiger partial charge in [-0.3, -0.25) is 4.79 Å². The van der Waals surface area contributed by atoms with Crippen molar-refractivity contribution >= 4 is 57.7 Å². The van der Waals surface area contributed by atoms with Crippen LogP contribution in [0.2, 0.25) is 10.0 Å². The Labute approximate surface area is 178 Å². The third kappa shape index (κ3) is 5.07. The van der Waals surface area contributed by atoms with Crippen LogP contribution in [-0.4, -0.2) is 42.1 Å². The summed E-state index contributed by atoms with van der Waals surface area (Å²) in [6, 6.07) is 5.49. The van der Waals surface area contributed by atoms with Gasteiger partial charge in [0.2, 0.25) is 5.95 Å². The first-order valence-electron chi connectivity index (χ1n) is 8.58. The molecule has 29 heavy (non-hydrogen) atoms. The molecule has 0 bridgehead atoms. The Kier molecular flexibility index (Phi) is 6.41. The van der Waals surface area contributed by atoms with E-state index in [9.17, 15) is 4.79 Å². The highest BCUT2D eigenvalue weighted by atomic mass is 35.5. The zero-order chi connectivity index (χ0) is 21.0. The summed E-state index contributed by atoms with van der Waals surface area (Å²) in [7, 11) is 5.10. The van der Waals surface area contributed by atoms with Gasteiger partial charge in [-0.1, -0.05) is 29.3 Å². The molecule has 2 N–H and O–H groups in total. The number of nitrogens with one attached hydrogen (secondary N) is 2. The second-order valence-corrected chi connectivity index (χ2v) is 7.11. The number of hydrogen-bond acceptors (Lipinski definition) is 5. The van der Waals surface area contributed by atoms with Crippen LogP contribution < -0.4 is 10.2 Å². The summed E-state index contributed by atoms with van der Waals surface area (Å²) in [5.41, 5.74) is 2.17. The Bertz CT molecular complexity index is 1050. The first kappa shape index (κ1) is 20.7. The lowest BCUT2D eigenvalue weighted by Gasteiger charge is -2.10. The molecule has 3 rings (SSSR count). The van der Waals surface area contributed by atoms with E-state index in [1.165, 1.54) is 19.5 Å². The molecule has 2 heterocycles. The first-order valence-corrected chi connectivity index (χ1v) is 9.34. The van der Waals surface area contributed by atoms with E-state index in [1.807, 2.05) is 26.2 Å². The number of nitrogens with zero attached hydrogens (tertiary/aromatic N) is 3. The third-order valence-electron chi connectivity index (χ3n) is 3.95. The lowest BCUT2D eigenvalue weighted by molar-refractivity contribution is -0.115. The van der Waals surface area contributed by atoms with Gasteiger partial charge in [-0.15, -0.1) is 0 Å². The number of aromatic amines is 1. The van der Waals surface area contributed by atoms with Gasteiger partial charge in [-0.2, -0.15) is 0 Å². The van der Waals surface area contributed by atoms with Crippen molar-refractivity contribution in [1.29, 1.82) is 0 Å². The smallest absolute Gasteiger partial charge is 0.290 e. The number of carbonyl (C=O) groups is 1. The van der Waals surface area contributed by atoms with E-state index in [0.717, 1.165) is 16.6 Å². The maximum Gasteiger partial charge on any atom is 0.290 e. The van der Waals surface area contributed by atoms with Crippen LogP contribution in [0, 0.1) is 0 Å². The number of allylic oxidation sites excluding steroid dienone is 2. The van der Waals surface area contributed by atoms with Crippen LogP contribution in [0.25, 0.3) is 17.0 Å². The minimum absolute atomic E-state index is 0.139. The average Bonchev–Trinajstić information content (AvgIpc) is 3.07. The molecule has 0 aliphatic rings. The predicted molar refractivity (Wildman–Crippen MR) is 117 cm³/mol. The zero-order valence-corrected chi connectivity index (χ0v) is 17.5. The molecule has 0 aliphatic carbocycles. The van der Waals surface area contributed by atoms with Crippen molar-refractivity contribution in [2.24, 2.45) is 0 Å². The number of methoxy groups -OCH3 is 1. The molecular weight excluding hydrogens is 413 g/mol. The topological polar surface area (TPSA) is 83.1 Å². The van der Waals surface area contributed by atoms with Gasteiger partial charge in [0.05, 0.1) is 35.2 Å². The fourth-order valence-corrected chi connectivity index (χ4v) is 2.86. The van der Waals surface area contributed by atoms with E-state index < -0.39 is 5.91 Å². The highest BCUT2D eigenvalue weighted by molar-refractivity contribution is 6.42. The summed E-state index contributed by atoms with van der Waals surface area (Å²) in [5.74, 6) is 0.281. The molecule has 0 radical (unpaired) electrons. The zero-order valence-electron chi connectivity index (χ0n) is 16.0. The van der Waals surface area contributed by atoms with Crippen LogP contribution in [0.3, 0.4) is 0 Å². The van der Waals surface area contributed by atoms with Crippen molar-refractivity contribution in [3.05, 3.63) is 64.2 Å². The van der Waals surface area contributed by atoms with Crippen molar-refractivity contribution in [3.63, 3.8) is 0 Å². The lowest BCUT2D eigenvalue weighted by Crippen LogP contribution is -2.17. The maximum atomic E-state index is 12.4. The molecule has 0 fully saturated rings. The number of aromatic nitrogens is 3. The van der Waals surface area contributed by atoms with Crippen LogP contribution in [0.1, 0.15) is 5.69 Å². The van der Waals surface area contributed by atoms with Crippen LogP contribution in [-0.2, 0) is 9.53 Å². The number of ether oxygens (including phenoxy) is 1. The van der Waals surface area contributed by atoms with Crippen LogP contribution in [0.5, 0.6) is 0 Å². The summed E-state index contributed by atoms with van der Waals surface area (Å²) in [4.78, 5) is 25.7. The van der Waals surface area contributed by atoms with Crippen LogP contribution in [0.15, 0.2) is 48.5 Å². The van der Waals surface area contributed by atoms with Crippen LogP contribution >= 0.6 is 23.2 Å². The molecule has 0 saturated heterocycles. The number of benzene rings is 1. The molecular formula is C20H19Cl2N5O2. The number of rotatable bonds is 6. The summed E-state index contributed by atoms with van der Waals surface area (Å²) >= 11 is 12.1. The third-order valence-corrected chi connectivity index (χ3v) is 4.67. The Morgan fingerprint density at radius 2 is 1.86 bits per heavy atom. The van der Waals surface area contributed by atoms with E-state index in [0.29, 0.717) is 21.7 Å². The van der Waals surface area contributed by atoms with E-state index in [4.69, 9.17) is 27.9 Å². The number of anilines is 2. The number of carbonyl (C=O) groups excluding carboxylic acids is 1. The Morgan fingerprint density at radius 1 is 1.17 bits per heavy atom. The molecule has 0 atom stereocenters. The monoisotopic (exact) mass is 431 g/mol. The lowest BCUT2D eigenvalue weighted by atomic mass is 10.2. The summed E-state index contributed by atoms with van der Waals surface area (Å²) < 4.78 is 5.18. The number of hydrogen-bond donors (Lipinski definition) is 2. The van der Waals surface area contributed by atoms with Gasteiger partial charge in [-0.25, -0.2) is 9.97 Å². The van der Waals surface area contributed by atoms with Gasteiger partial charge in [0.15, 0.2) is 5.76 Å². The molecule has 0 aliphatic heterocycles. The molecule has 0 spiro atoms. The largest absolute Gasteiger partial charge is 0.491 e. The highest BCUT2D eigenvalue weighted by Crippen LogP contribution is 2.28. The number of halogens is 2. The molecule has 0 unspecified atom stereocenters. The second kappa shape index (κ2) is 8.98. The van der Waals surface area contributed by atoms with Gasteiger partial charge in [0.25, 0.3) is 5.91 Å². The van der Waals surface area contributed by atoms with Crippen molar-refractivity contribution in [3.8, 4) is 0 Å². The van der Waals surface area contributed by atoms with Crippen molar-refractivity contribution in [2.75, 3.05) is 31.4 Å². The van der Waals surface area contributed by atoms with Crippen LogP contribution in [0.4, 0.5) is 11.6 Å². The van der Waals surface area contributed by atoms with E-state index in [-0.39, 0.29) is 5.76 Å². The Hall–Kier alpha value is -3.03. The maximum absolute atomic E-state index is 12.4. The first-order chi connectivity index (χ1) is 13.9. The highest BCUT2D eigenvalue weighted by Gasteiger charge is 2.10. The fraction of sp³-hybridized carbons (Fsp3) is 0.150. The standard InChI is InChI=1S/C20H19Cl2N5O2/c1-27(2)20-23-10-14(11-24-20)26-19(28)18(29-3)6-4-5-13-7-12-8-15(21)16(22)9-17(12)25-13/h4-11,25H,1-3H3,(H,26,28). The quantitative estimate of drug-likeness (QED) is 0.340. The van der Waals surface area contributed by atoms with Gasteiger partial charge in [0, 0.05) is 30.7 Å². The second-order valence-electron chi connectivity index (χ2n) is 6.29. The van der Waals surface area contributed by atoms with E-state index in [1.54, 1.807) is 29.2 Å². The van der Waals surface area contributed by atoms with Gasteiger partial charge >= 0.3 is 0 Å². The molecule has 7 nitrogen and oxygen atoms in total. The summed E-state index contributed by atoms with van der Waals surface area (Å²) in [5, 5.41) is 4.61. The summed E-state index contributed by atoms with van der Waals surface area (Å²) in [6.45, 7) is 0. The van der Waals surface area contributed by atoms with Gasteiger partial charge < -0.3 is 19.9 Å². The molecule has 0 saturated carbocycles. The van der Waals surface area contributed by atoms with Crippen molar-refractivity contribution < 1.29 is 9.53 Å². The molecule has 150 valence electrons. The SMILES string of the molecule is COC(=CC=Cc1cc2cc(Cl)c(Cl)cc2[nH]1)C(=O)Nc1cnc(N(C)C)nc1. The van der Waals surface area contributed by atoms with Crippen molar-refractivity contribution in [2.45, 2.75) is 0 Å². The van der Waals surface area contributed by atoms with Crippen molar-refractivity contribution in [1.82, 2.24) is 15.0 Å². The Morgan fingerprint density at radius 3 is 2.52 bits per heavy atom. The minimum atomic E-state index is -0.409. The normalized spacial score (nSPS) is 11.8. The number of amides is 1. The predicted octanol–water partition coefficient (Wildman–Crippen LogP) is 4.51. The van der Waals surface area contributed by atoms with E-state index >= 15 is 0 Å². The average molecular weight is 432 g/mol. The van der Waals surface area contributed by atoms with E-state index in [2.05, 4.69) is 20.3 Å². The Balaban J connectivity index is 1.71.